The second-order valence-electron chi connectivity index (χ2n) is 8.18. The molecule has 1 aliphatic carbocycles. The Morgan fingerprint density at radius 1 is 1.43 bits per heavy atom. The van der Waals surface area contributed by atoms with Crippen LogP contribution in [-0.2, 0) is 17.3 Å². The van der Waals surface area contributed by atoms with Crippen molar-refractivity contribution in [1.82, 2.24) is 24.0 Å². The summed E-state index contributed by atoms with van der Waals surface area (Å²) in [5.74, 6) is 0.674. The summed E-state index contributed by atoms with van der Waals surface area (Å²) in [7, 11) is 3.80. The van der Waals surface area contributed by atoms with Crippen molar-refractivity contribution in [3.8, 4) is 5.88 Å². The zero-order chi connectivity index (χ0) is 19.6. The highest BCUT2D eigenvalue weighted by Crippen LogP contribution is 2.55. The normalized spacial score (nSPS) is 30.5. The molecule has 0 radical (unpaired) electrons. The number of hydrogen-bond donors (Lipinski definition) is 0. The number of aryl methyl sites for hydroxylation is 1. The number of likely N-dealkylation sites (N-methyl/N-ethyl adjacent to an activating group) is 1. The van der Waals surface area contributed by atoms with Gasteiger partial charge < -0.3 is 9.47 Å². The Morgan fingerprint density at radius 2 is 2.25 bits per heavy atom. The average Bonchev–Trinajstić information content (AvgIpc) is 2.96. The van der Waals surface area contributed by atoms with Crippen LogP contribution in [0.25, 0.3) is 11.2 Å². The lowest BCUT2D eigenvalue weighted by atomic mass is 10.1. The molecule has 0 spiro atoms. The maximum absolute atomic E-state index is 13.1. The highest BCUT2D eigenvalue weighted by atomic mass is 35.5. The first kappa shape index (κ1) is 18.1. The minimum Gasteiger partial charge on any atom is -0.467 e. The van der Waals surface area contributed by atoms with Crippen LogP contribution < -0.4 is 10.4 Å². The molecule has 9 heteroatoms. The molecule has 2 aromatic rings. The summed E-state index contributed by atoms with van der Waals surface area (Å²) < 4.78 is 15.2. The molecule has 0 N–H and O–H groups in total. The Balaban J connectivity index is 1.62. The van der Waals surface area contributed by atoms with E-state index < -0.39 is 0 Å². The van der Waals surface area contributed by atoms with E-state index in [1.165, 1.54) is 0 Å². The molecule has 3 fully saturated rings. The molecule has 0 aromatic carbocycles. The molecule has 5 rings (SSSR count). The smallest absolute Gasteiger partial charge is 0.330 e. The second kappa shape index (κ2) is 6.30. The predicted molar refractivity (Wildman–Crippen MR) is 105 cm³/mol. The van der Waals surface area contributed by atoms with E-state index in [2.05, 4.69) is 28.5 Å². The molecule has 0 amide bonds. The van der Waals surface area contributed by atoms with Crippen molar-refractivity contribution >= 4 is 22.8 Å². The number of fused-ring (bicyclic) bond motifs is 2. The van der Waals surface area contributed by atoms with Gasteiger partial charge in [-0.3, -0.25) is 14.0 Å². The molecular formula is C19H24ClN5O3. The van der Waals surface area contributed by atoms with E-state index in [9.17, 15) is 4.79 Å². The number of likely N-dealkylation sites (tertiary alicyclic amines) is 1. The first-order valence-corrected chi connectivity index (χ1v) is 10.1. The lowest BCUT2D eigenvalue weighted by molar-refractivity contribution is 0.139. The van der Waals surface area contributed by atoms with Crippen molar-refractivity contribution in [2.75, 3.05) is 26.8 Å². The fourth-order valence-corrected chi connectivity index (χ4v) is 5.06. The van der Waals surface area contributed by atoms with Crippen LogP contribution in [0.4, 0.5) is 0 Å². The van der Waals surface area contributed by atoms with Crippen LogP contribution in [0.5, 0.6) is 5.88 Å². The van der Waals surface area contributed by atoms with Crippen molar-refractivity contribution < 1.29 is 9.47 Å². The quantitative estimate of drug-likeness (QED) is 0.555. The van der Waals surface area contributed by atoms with Gasteiger partial charge in [0.2, 0.25) is 11.2 Å². The molecule has 3 aliphatic rings. The Morgan fingerprint density at radius 3 is 2.86 bits per heavy atom. The number of rotatable bonds is 5. The zero-order valence-corrected chi connectivity index (χ0v) is 16.9. The molecule has 28 heavy (non-hydrogen) atoms. The van der Waals surface area contributed by atoms with Crippen LogP contribution in [0.15, 0.2) is 17.4 Å². The molecule has 2 saturated heterocycles. The van der Waals surface area contributed by atoms with E-state index in [0.717, 1.165) is 25.8 Å². The SMILES string of the molecule is C=C[C@H](Oc1nc(Cl)nc2c1n(C)c(=O)n2C12COCC1C2)[C@@H]1CCCN1C. The third kappa shape index (κ3) is 2.47. The van der Waals surface area contributed by atoms with Gasteiger partial charge in [-0.2, -0.15) is 9.97 Å². The second-order valence-corrected chi connectivity index (χ2v) is 8.51. The summed E-state index contributed by atoms with van der Waals surface area (Å²) in [6.45, 7) is 6.17. The number of halogens is 1. The fraction of sp³-hybridized carbons (Fsp3) is 0.632. The van der Waals surface area contributed by atoms with Crippen LogP contribution >= 0.6 is 11.6 Å². The predicted octanol–water partition coefficient (Wildman–Crippen LogP) is 1.56. The Bertz CT molecular complexity index is 1020. The lowest BCUT2D eigenvalue weighted by Gasteiger charge is -2.27. The monoisotopic (exact) mass is 405 g/mol. The van der Waals surface area contributed by atoms with Gasteiger partial charge in [0.05, 0.1) is 24.8 Å². The number of ether oxygens (including phenoxy) is 2. The third-order valence-electron chi connectivity index (χ3n) is 6.58. The van der Waals surface area contributed by atoms with E-state index in [1.54, 1.807) is 22.3 Å². The molecule has 0 bridgehead atoms. The van der Waals surface area contributed by atoms with Crippen molar-refractivity contribution in [1.29, 1.82) is 0 Å². The molecule has 150 valence electrons. The minimum atomic E-state index is -0.310. The lowest BCUT2D eigenvalue weighted by Crippen LogP contribution is -2.39. The zero-order valence-electron chi connectivity index (χ0n) is 16.1. The van der Waals surface area contributed by atoms with Crippen LogP contribution in [0, 0.1) is 5.92 Å². The molecule has 4 atom stereocenters. The molecule has 8 nitrogen and oxygen atoms in total. The van der Waals surface area contributed by atoms with E-state index >= 15 is 0 Å². The standard InChI is InChI=1S/C19H24ClN5O3/c1-4-13(12-6-5-7-23(12)2)28-16-14-15(21-17(20)22-16)25(18(26)24(14)3)19-8-11(19)9-27-10-19/h4,11-13H,1,5-10H2,2-3H3/t11?,12-,13-,19?/m0/s1. The number of imidazole rings is 1. The van der Waals surface area contributed by atoms with Gasteiger partial charge in [0.25, 0.3) is 0 Å². The van der Waals surface area contributed by atoms with Crippen LogP contribution in [0.2, 0.25) is 5.28 Å². The summed E-state index contributed by atoms with van der Waals surface area (Å²) in [6, 6.07) is 0.218. The summed E-state index contributed by atoms with van der Waals surface area (Å²) in [5, 5.41) is 0.0666. The highest BCUT2D eigenvalue weighted by molar-refractivity contribution is 6.28. The van der Waals surface area contributed by atoms with Gasteiger partial charge in [0.15, 0.2) is 11.2 Å². The first-order chi connectivity index (χ1) is 13.5. The average molecular weight is 406 g/mol. The Kier molecular flexibility index (Phi) is 4.08. The van der Waals surface area contributed by atoms with Crippen LogP contribution in [-0.4, -0.2) is 63.0 Å². The van der Waals surface area contributed by atoms with Gasteiger partial charge in [0, 0.05) is 13.0 Å². The van der Waals surface area contributed by atoms with E-state index in [4.69, 9.17) is 21.1 Å². The maximum atomic E-state index is 13.1. The van der Waals surface area contributed by atoms with E-state index in [1.807, 2.05) is 0 Å². The van der Waals surface area contributed by atoms with Crippen LogP contribution in [0.1, 0.15) is 19.3 Å². The van der Waals surface area contributed by atoms with Gasteiger partial charge >= 0.3 is 5.69 Å². The summed E-state index contributed by atoms with van der Waals surface area (Å²) in [6.07, 6.45) is 4.61. The minimum absolute atomic E-state index is 0.0666. The molecule has 1 saturated carbocycles. The fourth-order valence-electron chi connectivity index (χ4n) is 4.91. The van der Waals surface area contributed by atoms with Crippen LogP contribution in [0.3, 0.4) is 0 Å². The highest BCUT2D eigenvalue weighted by Gasteiger charge is 2.61. The topological polar surface area (TPSA) is 74.4 Å². The van der Waals surface area contributed by atoms with Crippen molar-refractivity contribution in [2.45, 2.75) is 36.9 Å². The maximum Gasteiger partial charge on any atom is 0.330 e. The van der Waals surface area contributed by atoms with Gasteiger partial charge in [-0.05, 0) is 50.5 Å². The molecule has 2 aromatic heterocycles. The van der Waals surface area contributed by atoms with Gasteiger partial charge in [-0.25, -0.2) is 4.79 Å². The third-order valence-corrected chi connectivity index (χ3v) is 6.75. The number of hydrogen-bond acceptors (Lipinski definition) is 6. The molecule has 2 aliphatic heterocycles. The van der Waals surface area contributed by atoms with Gasteiger partial charge in [-0.15, -0.1) is 0 Å². The Hall–Kier alpha value is -1.90. The first-order valence-electron chi connectivity index (χ1n) is 9.69. The molecule has 2 unspecified atom stereocenters. The van der Waals surface area contributed by atoms with E-state index in [-0.39, 0.29) is 28.7 Å². The van der Waals surface area contributed by atoms with Gasteiger partial charge in [-0.1, -0.05) is 6.58 Å². The van der Waals surface area contributed by atoms with Crippen molar-refractivity contribution in [3.05, 3.63) is 28.4 Å². The van der Waals surface area contributed by atoms with Crippen molar-refractivity contribution in [3.63, 3.8) is 0 Å². The number of nitrogens with zero attached hydrogens (tertiary/aromatic N) is 5. The molecular weight excluding hydrogens is 382 g/mol. The molecule has 4 heterocycles. The summed E-state index contributed by atoms with van der Waals surface area (Å²) in [5.41, 5.74) is 0.624. The Labute approximate surface area is 167 Å². The van der Waals surface area contributed by atoms with Crippen molar-refractivity contribution in [2.24, 2.45) is 13.0 Å². The van der Waals surface area contributed by atoms with Gasteiger partial charge in [0.1, 0.15) is 6.10 Å². The summed E-state index contributed by atoms with van der Waals surface area (Å²) in [4.78, 5) is 24.1. The largest absolute Gasteiger partial charge is 0.467 e. The van der Waals surface area contributed by atoms with E-state index in [0.29, 0.717) is 36.2 Å². The summed E-state index contributed by atoms with van der Waals surface area (Å²) >= 11 is 6.24. The number of aromatic nitrogens is 4.